The van der Waals surface area contributed by atoms with E-state index in [4.69, 9.17) is 0 Å². The maximum absolute atomic E-state index is 3.82. The van der Waals surface area contributed by atoms with Gasteiger partial charge in [-0.3, -0.25) is 0 Å². The lowest BCUT2D eigenvalue weighted by Gasteiger charge is -2.13. The predicted octanol–water partition coefficient (Wildman–Crippen LogP) is 6.19. The lowest BCUT2D eigenvalue weighted by molar-refractivity contribution is 0.733. The van der Waals surface area contributed by atoms with Crippen LogP contribution in [0.4, 0.5) is 0 Å². The van der Waals surface area contributed by atoms with Gasteiger partial charge in [-0.1, -0.05) is 83.9 Å². The van der Waals surface area contributed by atoms with E-state index in [1.165, 1.54) is 28.7 Å². The van der Waals surface area contributed by atoms with Crippen molar-refractivity contribution >= 4 is 15.9 Å². The molecule has 2 rings (SSSR count). The van der Waals surface area contributed by atoms with Crippen molar-refractivity contribution in [1.82, 2.24) is 0 Å². The number of halogens is 1. The van der Waals surface area contributed by atoms with E-state index in [-0.39, 0.29) is 0 Å². The molecule has 2 atom stereocenters. The van der Waals surface area contributed by atoms with E-state index in [2.05, 4.69) is 85.2 Å². The highest BCUT2D eigenvalue weighted by atomic mass is 79.9. The quantitative estimate of drug-likeness (QED) is 0.573. The monoisotopic (exact) mass is 330 g/mol. The molecule has 0 N–H and O–H groups in total. The predicted molar refractivity (Wildman–Crippen MR) is 91.7 cm³/mol. The van der Waals surface area contributed by atoms with Gasteiger partial charge in [0.2, 0.25) is 0 Å². The Morgan fingerprint density at radius 1 is 0.900 bits per heavy atom. The van der Waals surface area contributed by atoms with Crippen molar-refractivity contribution in [3.8, 4) is 0 Å². The number of rotatable bonds is 5. The molecule has 106 valence electrons. The van der Waals surface area contributed by atoms with Crippen molar-refractivity contribution < 1.29 is 0 Å². The Balaban J connectivity index is 2.05. The molecule has 0 aromatic heterocycles. The first kappa shape index (κ1) is 15.3. The SMILES string of the molecule is CCC(C)c1ccc(C(Br)Cc2ccc(C)cc2)cc1. The van der Waals surface area contributed by atoms with Crippen molar-refractivity contribution in [3.05, 3.63) is 70.8 Å². The molecule has 2 aromatic carbocycles. The lowest BCUT2D eigenvalue weighted by Crippen LogP contribution is -1.97. The van der Waals surface area contributed by atoms with Gasteiger partial charge in [-0.05, 0) is 42.4 Å². The van der Waals surface area contributed by atoms with Crippen LogP contribution < -0.4 is 0 Å². The summed E-state index contributed by atoms with van der Waals surface area (Å²) in [5, 5.41) is 0. The van der Waals surface area contributed by atoms with Crippen LogP contribution in [0, 0.1) is 6.92 Å². The fraction of sp³-hybridized carbons (Fsp3) is 0.368. The Hall–Kier alpha value is -1.08. The smallest absolute Gasteiger partial charge is 0.0435 e. The highest BCUT2D eigenvalue weighted by molar-refractivity contribution is 9.09. The standard InChI is InChI=1S/C19H23Br/c1-4-15(3)17-9-11-18(12-10-17)19(20)13-16-7-5-14(2)6-8-16/h5-12,15,19H,4,13H2,1-3H3. The zero-order valence-corrected chi connectivity index (χ0v) is 14.2. The van der Waals surface area contributed by atoms with Gasteiger partial charge in [0.15, 0.2) is 0 Å². The summed E-state index contributed by atoms with van der Waals surface area (Å²) in [6, 6.07) is 17.9. The van der Waals surface area contributed by atoms with Crippen molar-refractivity contribution in [3.63, 3.8) is 0 Å². The second-order valence-corrected chi connectivity index (χ2v) is 6.74. The van der Waals surface area contributed by atoms with Crippen LogP contribution in [-0.2, 0) is 6.42 Å². The van der Waals surface area contributed by atoms with E-state index in [0.29, 0.717) is 10.7 Å². The second-order valence-electron chi connectivity index (χ2n) is 5.63. The number of alkyl halides is 1. The van der Waals surface area contributed by atoms with E-state index in [1.807, 2.05) is 0 Å². The third-order valence-corrected chi connectivity index (χ3v) is 4.87. The number of hydrogen-bond donors (Lipinski definition) is 0. The molecule has 0 bridgehead atoms. The normalized spacial score (nSPS) is 14.0. The summed E-state index contributed by atoms with van der Waals surface area (Å²) in [6.07, 6.45) is 2.23. The summed E-state index contributed by atoms with van der Waals surface area (Å²) in [6.45, 7) is 6.65. The van der Waals surface area contributed by atoms with Crippen molar-refractivity contribution in [2.24, 2.45) is 0 Å². The van der Waals surface area contributed by atoms with Crippen molar-refractivity contribution in [2.45, 2.75) is 44.4 Å². The number of aryl methyl sites for hydroxylation is 1. The first-order valence-electron chi connectivity index (χ1n) is 7.39. The fourth-order valence-electron chi connectivity index (χ4n) is 2.32. The lowest BCUT2D eigenvalue weighted by atomic mass is 9.96. The topological polar surface area (TPSA) is 0 Å². The molecule has 0 aliphatic carbocycles. The molecule has 0 saturated heterocycles. The Morgan fingerprint density at radius 3 is 2.00 bits per heavy atom. The average molecular weight is 331 g/mol. The molecule has 0 saturated carbocycles. The van der Waals surface area contributed by atoms with Crippen LogP contribution in [0.1, 0.15) is 53.3 Å². The maximum Gasteiger partial charge on any atom is 0.0435 e. The first-order chi connectivity index (χ1) is 9.60. The molecule has 0 radical (unpaired) electrons. The summed E-state index contributed by atoms with van der Waals surface area (Å²) in [4.78, 5) is 0.385. The minimum absolute atomic E-state index is 0.385. The summed E-state index contributed by atoms with van der Waals surface area (Å²) in [5.41, 5.74) is 5.49. The molecule has 0 amide bonds. The van der Waals surface area contributed by atoms with Gasteiger partial charge in [-0.25, -0.2) is 0 Å². The van der Waals surface area contributed by atoms with Gasteiger partial charge < -0.3 is 0 Å². The van der Waals surface area contributed by atoms with Crippen molar-refractivity contribution in [1.29, 1.82) is 0 Å². The van der Waals surface area contributed by atoms with E-state index in [9.17, 15) is 0 Å². The molecular weight excluding hydrogens is 308 g/mol. The van der Waals surface area contributed by atoms with Gasteiger partial charge >= 0.3 is 0 Å². The molecule has 1 heteroatoms. The maximum atomic E-state index is 3.82. The van der Waals surface area contributed by atoms with Crippen LogP contribution in [0.5, 0.6) is 0 Å². The van der Waals surface area contributed by atoms with Crippen LogP contribution >= 0.6 is 15.9 Å². The Kier molecular flexibility index (Phi) is 5.42. The number of benzene rings is 2. The van der Waals surface area contributed by atoms with E-state index in [0.717, 1.165) is 6.42 Å². The minimum atomic E-state index is 0.385. The number of hydrogen-bond acceptors (Lipinski definition) is 0. The van der Waals surface area contributed by atoms with Crippen LogP contribution in [0.15, 0.2) is 48.5 Å². The highest BCUT2D eigenvalue weighted by Gasteiger charge is 2.09. The van der Waals surface area contributed by atoms with Gasteiger partial charge in [0.25, 0.3) is 0 Å². The summed E-state index contributed by atoms with van der Waals surface area (Å²) in [7, 11) is 0. The third-order valence-electron chi connectivity index (χ3n) is 4.02. The molecule has 20 heavy (non-hydrogen) atoms. The molecule has 2 aromatic rings. The van der Waals surface area contributed by atoms with Crippen LogP contribution in [-0.4, -0.2) is 0 Å². The fourth-order valence-corrected chi connectivity index (χ4v) is 3.00. The molecular formula is C19H23Br. The third kappa shape index (κ3) is 3.96. The summed E-state index contributed by atoms with van der Waals surface area (Å²) >= 11 is 3.82. The Bertz CT molecular complexity index is 525. The first-order valence-corrected chi connectivity index (χ1v) is 8.31. The highest BCUT2D eigenvalue weighted by Crippen LogP contribution is 2.29. The minimum Gasteiger partial charge on any atom is -0.0835 e. The van der Waals surface area contributed by atoms with Gasteiger partial charge in [0.1, 0.15) is 0 Å². The summed E-state index contributed by atoms with van der Waals surface area (Å²) < 4.78 is 0. The molecule has 2 unspecified atom stereocenters. The van der Waals surface area contributed by atoms with Crippen LogP contribution in [0.2, 0.25) is 0 Å². The van der Waals surface area contributed by atoms with E-state index >= 15 is 0 Å². The molecule has 0 heterocycles. The van der Waals surface area contributed by atoms with Gasteiger partial charge in [-0.15, -0.1) is 0 Å². The molecule has 0 aliphatic rings. The molecule has 0 spiro atoms. The van der Waals surface area contributed by atoms with Gasteiger partial charge in [0, 0.05) is 4.83 Å². The molecule has 0 aliphatic heterocycles. The zero-order valence-electron chi connectivity index (χ0n) is 12.6. The van der Waals surface area contributed by atoms with Gasteiger partial charge in [0.05, 0.1) is 0 Å². The van der Waals surface area contributed by atoms with Gasteiger partial charge in [-0.2, -0.15) is 0 Å². The molecule has 0 nitrogen and oxygen atoms in total. The average Bonchev–Trinajstić information content (AvgIpc) is 2.49. The molecule has 0 fully saturated rings. The summed E-state index contributed by atoms with van der Waals surface area (Å²) in [5.74, 6) is 0.648. The Labute approximate surface area is 131 Å². The Morgan fingerprint density at radius 2 is 1.45 bits per heavy atom. The van der Waals surface area contributed by atoms with E-state index in [1.54, 1.807) is 0 Å². The van der Waals surface area contributed by atoms with Crippen LogP contribution in [0.25, 0.3) is 0 Å². The largest absolute Gasteiger partial charge is 0.0835 e. The zero-order chi connectivity index (χ0) is 14.5. The van der Waals surface area contributed by atoms with Crippen LogP contribution in [0.3, 0.4) is 0 Å². The van der Waals surface area contributed by atoms with E-state index < -0.39 is 0 Å². The van der Waals surface area contributed by atoms with Crippen molar-refractivity contribution in [2.75, 3.05) is 0 Å². The second kappa shape index (κ2) is 7.08.